The number of amides is 1. The van der Waals surface area contributed by atoms with Crippen molar-refractivity contribution in [2.45, 2.75) is 19.3 Å². The second kappa shape index (κ2) is 6.65. The largest absolute Gasteiger partial charge is 0.389 e. The minimum atomic E-state index is -0.457. The van der Waals surface area contributed by atoms with Crippen LogP contribution in [0.25, 0.3) is 0 Å². The van der Waals surface area contributed by atoms with Gasteiger partial charge in [-0.2, -0.15) is 0 Å². The minimum Gasteiger partial charge on any atom is -0.389 e. The van der Waals surface area contributed by atoms with Gasteiger partial charge < -0.3 is 16.0 Å². The van der Waals surface area contributed by atoms with Crippen LogP contribution >= 0.6 is 12.2 Å². The van der Waals surface area contributed by atoms with Crippen LogP contribution in [-0.4, -0.2) is 35.4 Å². The Morgan fingerprint density at radius 1 is 1.35 bits per heavy atom. The number of halogens is 1. The predicted molar refractivity (Wildman–Crippen MR) is 81.2 cm³/mol. The summed E-state index contributed by atoms with van der Waals surface area (Å²) in [6.45, 7) is 1.69. The highest BCUT2D eigenvalue weighted by atomic mass is 32.1. The van der Waals surface area contributed by atoms with Crippen molar-refractivity contribution in [3.05, 3.63) is 29.6 Å². The number of benzene rings is 1. The molecule has 1 amide bonds. The molecule has 1 saturated heterocycles. The van der Waals surface area contributed by atoms with Crippen molar-refractivity contribution in [2.24, 2.45) is 5.73 Å². The van der Waals surface area contributed by atoms with Crippen molar-refractivity contribution in [2.75, 3.05) is 25.0 Å². The Bertz CT molecular complexity index is 515. The smallest absolute Gasteiger partial charge is 0.241 e. The van der Waals surface area contributed by atoms with Gasteiger partial charge in [0.05, 0.1) is 12.2 Å². The molecule has 3 N–H and O–H groups in total. The summed E-state index contributed by atoms with van der Waals surface area (Å²) in [5, 5.41) is 2.83. The summed E-state index contributed by atoms with van der Waals surface area (Å²) < 4.78 is 13.8. The van der Waals surface area contributed by atoms with Crippen LogP contribution in [0.2, 0.25) is 0 Å². The third-order valence-electron chi connectivity index (χ3n) is 3.39. The molecule has 0 bridgehead atoms. The van der Waals surface area contributed by atoms with Crippen molar-refractivity contribution >= 4 is 28.8 Å². The van der Waals surface area contributed by atoms with Crippen LogP contribution in [0.5, 0.6) is 0 Å². The van der Waals surface area contributed by atoms with Gasteiger partial charge in [-0.15, -0.1) is 0 Å². The van der Waals surface area contributed by atoms with E-state index in [4.69, 9.17) is 18.0 Å². The lowest BCUT2D eigenvalue weighted by Crippen LogP contribution is -2.39. The molecule has 1 fully saturated rings. The SMILES string of the molecule is NC(=S)c1ccc(NCC(=O)N2CCCCC2)c(F)c1. The van der Waals surface area contributed by atoms with Crippen molar-refractivity contribution in [1.82, 2.24) is 4.90 Å². The monoisotopic (exact) mass is 295 g/mol. The van der Waals surface area contributed by atoms with Crippen LogP contribution < -0.4 is 11.1 Å². The van der Waals surface area contributed by atoms with Gasteiger partial charge in [0.15, 0.2) is 0 Å². The zero-order valence-corrected chi connectivity index (χ0v) is 12.0. The summed E-state index contributed by atoms with van der Waals surface area (Å²) >= 11 is 4.79. The summed E-state index contributed by atoms with van der Waals surface area (Å²) in [4.78, 5) is 13.9. The first-order chi connectivity index (χ1) is 9.58. The maximum Gasteiger partial charge on any atom is 0.241 e. The number of thiocarbonyl (C=S) groups is 1. The summed E-state index contributed by atoms with van der Waals surface area (Å²) in [7, 11) is 0. The van der Waals surface area contributed by atoms with Crippen molar-refractivity contribution in [3.8, 4) is 0 Å². The molecular weight excluding hydrogens is 277 g/mol. The molecule has 0 radical (unpaired) electrons. The molecule has 4 nitrogen and oxygen atoms in total. The van der Waals surface area contributed by atoms with E-state index in [1.165, 1.54) is 12.5 Å². The lowest BCUT2D eigenvalue weighted by molar-refractivity contribution is -0.130. The molecule has 1 heterocycles. The van der Waals surface area contributed by atoms with Gasteiger partial charge >= 0.3 is 0 Å². The highest BCUT2D eigenvalue weighted by molar-refractivity contribution is 7.80. The Labute approximate surface area is 123 Å². The number of carbonyl (C=O) groups excluding carboxylic acids is 1. The van der Waals surface area contributed by atoms with Gasteiger partial charge in [0.25, 0.3) is 0 Å². The summed E-state index contributed by atoms with van der Waals surface area (Å²) in [6.07, 6.45) is 3.26. The number of nitrogens with two attached hydrogens (primary N) is 1. The molecule has 0 atom stereocenters. The minimum absolute atomic E-state index is 0.00234. The molecule has 108 valence electrons. The van der Waals surface area contributed by atoms with Crippen LogP contribution in [0.1, 0.15) is 24.8 Å². The van der Waals surface area contributed by atoms with E-state index >= 15 is 0 Å². The molecular formula is C14H18FN3OS. The van der Waals surface area contributed by atoms with E-state index in [0.29, 0.717) is 5.56 Å². The van der Waals surface area contributed by atoms with Crippen molar-refractivity contribution < 1.29 is 9.18 Å². The first-order valence-corrected chi connectivity index (χ1v) is 7.10. The van der Waals surface area contributed by atoms with E-state index in [9.17, 15) is 9.18 Å². The van der Waals surface area contributed by atoms with Crippen molar-refractivity contribution in [1.29, 1.82) is 0 Å². The van der Waals surface area contributed by atoms with E-state index in [-0.39, 0.29) is 23.1 Å². The second-order valence-corrected chi connectivity index (χ2v) is 5.29. The van der Waals surface area contributed by atoms with E-state index in [0.717, 1.165) is 25.9 Å². The molecule has 0 unspecified atom stereocenters. The summed E-state index contributed by atoms with van der Waals surface area (Å²) in [6, 6.07) is 4.46. The number of hydrogen-bond donors (Lipinski definition) is 2. The number of rotatable bonds is 4. The highest BCUT2D eigenvalue weighted by Crippen LogP contribution is 2.16. The van der Waals surface area contributed by atoms with Gasteiger partial charge in [0.1, 0.15) is 10.8 Å². The average Bonchev–Trinajstić information content (AvgIpc) is 2.46. The number of hydrogen-bond acceptors (Lipinski definition) is 3. The van der Waals surface area contributed by atoms with Gasteiger partial charge in [-0.25, -0.2) is 4.39 Å². The quantitative estimate of drug-likeness (QED) is 0.833. The van der Waals surface area contributed by atoms with Gasteiger partial charge in [-0.05, 0) is 37.5 Å². The average molecular weight is 295 g/mol. The van der Waals surface area contributed by atoms with E-state index in [1.807, 2.05) is 4.90 Å². The standard InChI is InChI=1S/C14H18FN3OS/c15-11-8-10(14(16)20)4-5-12(11)17-9-13(19)18-6-2-1-3-7-18/h4-5,8,17H,1-3,6-7,9H2,(H2,16,20). The van der Waals surface area contributed by atoms with Crippen LogP contribution in [-0.2, 0) is 4.79 Å². The third kappa shape index (κ3) is 3.66. The lowest BCUT2D eigenvalue weighted by Gasteiger charge is -2.26. The number of nitrogens with zero attached hydrogens (tertiary/aromatic N) is 1. The highest BCUT2D eigenvalue weighted by Gasteiger charge is 2.16. The molecule has 1 aromatic carbocycles. The normalized spacial score (nSPS) is 14.9. The van der Waals surface area contributed by atoms with Gasteiger partial charge in [-0.3, -0.25) is 4.79 Å². The van der Waals surface area contributed by atoms with Crippen LogP contribution in [0.4, 0.5) is 10.1 Å². The maximum absolute atomic E-state index is 13.8. The molecule has 0 aromatic heterocycles. The molecule has 6 heteroatoms. The first kappa shape index (κ1) is 14.7. The molecule has 1 aliphatic heterocycles. The van der Waals surface area contributed by atoms with E-state index in [1.54, 1.807) is 12.1 Å². The molecule has 1 aliphatic rings. The fraction of sp³-hybridized carbons (Fsp3) is 0.429. The second-order valence-electron chi connectivity index (χ2n) is 4.85. The lowest BCUT2D eigenvalue weighted by atomic mass is 10.1. The molecule has 0 spiro atoms. The van der Waals surface area contributed by atoms with Crippen LogP contribution in [0.3, 0.4) is 0 Å². The Kier molecular flexibility index (Phi) is 4.89. The topological polar surface area (TPSA) is 58.4 Å². The Morgan fingerprint density at radius 3 is 2.65 bits per heavy atom. The zero-order valence-electron chi connectivity index (χ0n) is 11.2. The van der Waals surface area contributed by atoms with Gasteiger partial charge in [0, 0.05) is 18.7 Å². The fourth-order valence-corrected chi connectivity index (χ4v) is 2.36. The maximum atomic E-state index is 13.8. The van der Waals surface area contributed by atoms with Crippen molar-refractivity contribution in [3.63, 3.8) is 0 Å². The number of carbonyl (C=O) groups is 1. The number of likely N-dealkylation sites (tertiary alicyclic amines) is 1. The fourth-order valence-electron chi connectivity index (χ4n) is 2.24. The van der Waals surface area contributed by atoms with Gasteiger partial charge in [0.2, 0.25) is 5.91 Å². The van der Waals surface area contributed by atoms with E-state index < -0.39 is 5.82 Å². The molecule has 2 rings (SSSR count). The first-order valence-electron chi connectivity index (χ1n) is 6.69. The molecule has 1 aromatic rings. The zero-order chi connectivity index (χ0) is 14.5. The molecule has 0 saturated carbocycles. The van der Waals surface area contributed by atoms with Gasteiger partial charge in [-0.1, -0.05) is 12.2 Å². The Hall–Kier alpha value is -1.69. The van der Waals surface area contributed by atoms with Crippen LogP contribution in [0.15, 0.2) is 18.2 Å². The third-order valence-corrected chi connectivity index (χ3v) is 3.63. The summed E-state index contributed by atoms with van der Waals surface area (Å²) in [5.41, 5.74) is 6.20. The van der Waals surface area contributed by atoms with E-state index in [2.05, 4.69) is 5.32 Å². The van der Waals surface area contributed by atoms with Crippen LogP contribution in [0, 0.1) is 5.82 Å². The molecule has 0 aliphatic carbocycles. The summed E-state index contributed by atoms with van der Waals surface area (Å²) in [5.74, 6) is -0.454. The number of nitrogens with one attached hydrogen (secondary N) is 1. The number of piperidine rings is 1. The molecule has 20 heavy (non-hydrogen) atoms. The number of anilines is 1. The Morgan fingerprint density at radius 2 is 2.05 bits per heavy atom. The predicted octanol–water partition coefficient (Wildman–Crippen LogP) is 1.88. The Balaban J connectivity index is 1.93.